The zero-order chi connectivity index (χ0) is 12.4. The van der Waals surface area contributed by atoms with Crippen molar-refractivity contribution in [3.8, 4) is 0 Å². The highest BCUT2D eigenvalue weighted by molar-refractivity contribution is 5.79. The fraction of sp³-hybridized carbons (Fsp3) is 0.778. The number of carboxylic acid groups (broad SMARTS) is 1. The Hall–Kier alpha value is -1.66. The van der Waals surface area contributed by atoms with Crippen molar-refractivity contribution < 1.29 is 14.7 Å². The lowest BCUT2D eigenvalue weighted by molar-refractivity contribution is -0.135. The Morgan fingerprint density at radius 3 is 2.50 bits per heavy atom. The summed E-state index contributed by atoms with van der Waals surface area (Å²) in [6, 6.07) is -0.770. The second-order valence-electron chi connectivity index (χ2n) is 3.32. The third-order valence-electron chi connectivity index (χ3n) is 1.95. The first-order valence-corrected chi connectivity index (χ1v) is 5.22. The quantitative estimate of drug-likeness (QED) is 0.374. The number of hydrogen-bond donors (Lipinski definition) is 2. The van der Waals surface area contributed by atoms with Gasteiger partial charge in [-0.2, -0.15) is 5.01 Å². The van der Waals surface area contributed by atoms with Crippen molar-refractivity contribution in [1.29, 1.82) is 0 Å². The molecule has 7 nitrogen and oxygen atoms in total. The Labute approximate surface area is 93.8 Å². The summed E-state index contributed by atoms with van der Waals surface area (Å²) in [5, 5.41) is 13.6. The van der Waals surface area contributed by atoms with Gasteiger partial charge in [0.2, 0.25) is 0 Å². The largest absolute Gasteiger partial charge is 0.480 e. The molecule has 0 radical (unpaired) electrons. The monoisotopic (exact) mass is 231 g/mol. The van der Waals surface area contributed by atoms with E-state index in [0.717, 1.165) is 19.3 Å². The van der Waals surface area contributed by atoms with E-state index in [1.54, 1.807) is 0 Å². The fourth-order valence-corrected chi connectivity index (χ4v) is 1.11. The number of carboxylic acids is 1. The molecule has 0 atom stereocenters. The first-order chi connectivity index (χ1) is 7.61. The molecule has 0 spiro atoms. The summed E-state index contributed by atoms with van der Waals surface area (Å²) < 4.78 is 0. The average Bonchev–Trinajstić information content (AvgIpc) is 2.26. The van der Waals surface area contributed by atoms with E-state index in [2.05, 4.69) is 17.5 Å². The number of nitrogens with zero attached hydrogens (tertiary/aromatic N) is 2. The van der Waals surface area contributed by atoms with E-state index >= 15 is 0 Å². The molecule has 0 aliphatic rings. The van der Waals surface area contributed by atoms with Gasteiger partial charge in [0.1, 0.15) is 6.54 Å². The summed E-state index contributed by atoms with van der Waals surface area (Å²) in [4.78, 5) is 31.7. The first kappa shape index (κ1) is 14.3. The molecular weight excluding hydrogens is 214 g/mol. The van der Waals surface area contributed by atoms with E-state index in [0.29, 0.717) is 11.4 Å². The minimum Gasteiger partial charge on any atom is -0.480 e. The molecule has 92 valence electrons. The molecule has 0 aromatic rings. The molecule has 0 unspecified atom stereocenters. The Balaban J connectivity index is 3.83. The Morgan fingerprint density at radius 1 is 1.31 bits per heavy atom. The summed E-state index contributed by atoms with van der Waals surface area (Å²) in [5.74, 6) is -1.16. The molecule has 0 fully saturated rings. The lowest BCUT2D eigenvalue weighted by Crippen LogP contribution is -2.39. The molecule has 0 aliphatic carbocycles. The maximum atomic E-state index is 11.2. The number of nitrogens with one attached hydrogen (secondary N) is 1. The highest BCUT2D eigenvalue weighted by Gasteiger charge is 2.13. The highest BCUT2D eigenvalue weighted by Crippen LogP contribution is 2.01. The summed E-state index contributed by atoms with van der Waals surface area (Å²) in [6.07, 6.45) is 3.68. The number of unbranched alkanes of at least 4 members (excludes halogenated alkanes) is 3. The predicted octanol–water partition coefficient (Wildman–Crippen LogP) is 1.34. The van der Waals surface area contributed by atoms with Gasteiger partial charge in [-0.15, -0.1) is 4.91 Å². The molecule has 7 heteroatoms. The second-order valence-corrected chi connectivity index (χ2v) is 3.32. The third kappa shape index (κ3) is 6.74. The van der Waals surface area contributed by atoms with E-state index in [1.807, 2.05) is 0 Å². The maximum Gasteiger partial charge on any atom is 0.340 e. The Kier molecular flexibility index (Phi) is 7.74. The minimum atomic E-state index is -1.16. The van der Waals surface area contributed by atoms with Crippen LogP contribution in [0.3, 0.4) is 0 Å². The predicted molar refractivity (Wildman–Crippen MR) is 57.7 cm³/mol. The fourth-order valence-electron chi connectivity index (χ4n) is 1.11. The van der Waals surface area contributed by atoms with Crippen LogP contribution in [0.15, 0.2) is 5.29 Å². The summed E-state index contributed by atoms with van der Waals surface area (Å²) in [6.45, 7) is 1.75. The Morgan fingerprint density at radius 2 is 2.00 bits per heavy atom. The van der Waals surface area contributed by atoms with E-state index in [9.17, 15) is 14.5 Å². The van der Waals surface area contributed by atoms with Crippen LogP contribution in [0.1, 0.15) is 32.6 Å². The zero-order valence-electron chi connectivity index (χ0n) is 9.31. The van der Waals surface area contributed by atoms with Crippen LogP contribution in [-0.2, 0) is 4.79 Å². The van der Waals surface area contributed by atoms with Crippen molar-refractivity contribution in [2.45, 2.75) is 32.6 Å². The van der Waals surface area contributed by atoms with E-state index in [-0.39, 0.29) is 6.54 Å². The van der Waals surface area contributed by atoms with Gasteiger partial charge < -0.3 is 10.4 Å². The summed E-state index contributed by atoms with van der Waals surface area (Å²) >= 11 is 0. The molecule has 0 bridgehead atoms. The third-order valence-corrected chi connectivity index (χ3v) is 1.95. The van der Waals surface area contributed by atoms with Gasteiger partial charge in [-0.25, -0.2) is 4.79 Å². The van der Waals surface area contributed by atoms with Gasteiger partial charge in [0.25, 0.3) is 0 Å². The van der Waals surface area contributed by atoms with Crippen LogP contribution in [0, 0.1) is 4.91 Å². The summed E-state index contributed by atoms with van der Waals surface area (Å²) in [5.41, 5.74) is 0. The zero-order valence-corrected chi connectivity index (χ0v) is 9.31. The van der Waals surface area contributed by atoms with Crippen LogP contribution >= 0.6 is 0 Å². The summed E-state index contributed by atoms with van der Waals surface area (Å²) in [7, 11) is 0. The standard InChI is InChI=1S/C9H17N3O4/c1-2-3-4-5-6-12(11-16)9(15)10-7-8(13)14/h2-7H2,1H3,(H,10,15)(H,13,14). The van der Waals surface area contributed by atoms with Crippen LogP contribution in [0.5, 0.6) is 0 Å². The molecular formula is C9H17N3O4. The molecule has 0 saturated heterocycles. The van der Waals surface area contributed by atoms with Crippen LogP contribution < -0.4 is 5.32 Å². The highest BCUT2D eigenvalue weighted by atomic mass is 16.4. The number of aliphatic carboxylic acids is 1. The molecule has 0 saturated carbocycles. The van der Waals surface area contributed by atoms with Crippen LogP contribution in [-0.4, -0.2) is 35.2 Å². The number of rotatable bonds is 8. The SMILES string of the molecule is CCCCCCN(N=O)C(=O)NCC(=O)O. The lowest BCUT2D eigenvalue weighted by atomic mass is 10.2. The van der Waals surface area contributed by atoms with Gasteiger partial charge in [-0.05, 0) is 6.42 Å². The Bertz CT molecular complexity index is 245. The molecule has 2 N–H and O–H groups in total. The minimum absolute atomic E-state index is 0.217. The van der Waals surface area contributed by atoms with Crippen LogP contribution in [0.25, 0.3) is 0 Å². The number of hydrogen-bond acceptors (Lipinski definition) is 4. The van der Waals surface area contributed by atoms with Gasteiger partial charge >= 0.3 is 12.0 Å². The molecule has 0 heterocycles. The van der Waals surface area contributed by atoms with Crippen LogP contribution in [0.2, 0.25) is 0 Å². The molecule has 0 aromatic carbocycles. The van der Waals surface area contributed by atoms with Gasteiger partial charge in [0.05, 0.1) is 5.29 Å². The van der Waals surface area contributed by atoms with Crippen molar-refractivity contribution in [3.63, 3.8) is 0 Å². The van der Waals surface area contributed by atoms with Gasteiger partial charge in [0.15, 0.2) is 0 Å². The van der Waals surface area contributed by atoms with Crippen molar-refractivity contribution in [1.82, 2.24) is 10.3 Å². The van der Waals surface area contributed by atoms with Gasteiger partial charge in [-0.3, -0.25) is 4.79 Å². The van der Waals surface area contributed by atoms with Crippen molar-refractivity contribution in [2.75, 3.05) is 13.1 Å². The number of amides is 2. The lowest BCUT2D eigenvalue weighted by Gasteiger charge is -2.12. The van der Waals surface area contributed by atoms with Crippen molar-refractivity contribution in [2.24, 2.45) is 5.29 Å². The van der Waals surface area contributed by atoms with E-state index in [4.69, 9.17) is 5.11 Å². The van der Waals surface area contributed by atoms with Gasteiger partial charge in [-0.1, -0.05) is 26.2 Å². The number of nitroso groups, excluding NO2 is 1. The normalized spacial score (nSPS) is 9.56. The number of carbonyl (C=O) groups excluding carboxylic acids is 1. The topological polar surface area (TPSA) is 99.1 Å². The van der Waals surface area contributed by atoms with E-state index < -0.39 is 18.5 Å². The van der Waals surface area contributed by atoms with Crippen molar-refractivity contribution >= 4 is 12.0 Å². The first-order valence-electron chi connectivity index (χ1n) is 5.22. The molecule has 0 aliphatic heterocycles. The molecule has 0 aromatic heterocycles. The van der Waals surface area contributed by atoms with E-state index in [1.165, 1.54) is 0 Å². The van der Waals surface area contributed by atoms with Crippen LogP contribution in [0.4, 0.5) is 4.79 Å². The number of urea groups is 1. The van der Waals surface area contributed by atoms with Crippen molar-refractivity contribution in [3.05, 3.63) is 4.91 Å². The molecule has 2 amide bonds. The average molecular weight is 231 g/mol. The molecule has 0 rings (SSSR count). The second kappa shape index (κ2) is 8.63. The molecule has 16 heavy (non-hydrogen) atoms. The number of carbonyl (C=O) groups is 2. The smallest absolute Gasteiger partial charge is 0.340 e. The maximum absolute atomic E-state index is 11.2. The van der Waals surface area contributed by atoms with Gasteiger partial charge in [0, 0.05) is 6.54 Å².